The van der Waals surface area contributed by atoms with Gasteiger partial charge >= 0.3 is 0 Å². The number of rotatable bonds is 4. The second-order valence-corrected chi connectivity index (χ2v) is 6.16. The van der Waals surface area contributed by atoms with Crippen LogP contribution in [0.2, 0.25) is 0 Å². The zero-order chi connectivity index (χ0) is 13.7. The van der Waals surface area contributed by atoms with Crippen LogP contribution in [0, 0.1) is 0 Å². The van der Waals surface area contributed by atoms with E-state index in [1.807, 2.05) is 42.2 Å². The van der Waals surface area contributed by atoms with E-state index in [1.165, 1.54) is 6.42 Å². The van der Waals surface area contributed by atoms with E-state index in [0.29, 0.717) is 5.75 Å². The molecule has 3 nitrogen and oxygen atoms in total. The second kappa shape index (κ2) is 6.96. The summed E-state index contributed by atoms with van der Waals surface area (Å²) >= 11 is 1.60. The van der Waals surface area contributed by atoms with Crippen LogP contribution in [-0.2, 0) is 4.79 Å². The predicted molar refractivity (Wildman–Crippen MR) is 80.2 cm³/mol. The maximum Gasteiger partial charge on any atom is 0.233 e. The molecule has 0 aromatic heterocycles. The predicted octanol–water partition coefficient (Wildman–Crippen LogP) is 2.51. The van der Waals surface area contributed by atoms with Crippen molar-refractivity contribution < 1.29 is 4.79 Å². The van der Waals surface area contributed by atoms with Crippen LogP contribution in [0.5, 0.6) is 0 Å². The van der Waals surface area contributed by atoms with Crippen LogP contribution < -0.4 is 5.73 Å². The first kappa shape index (κ1) is 14.4. The van der Waals surface area contributed by atoms with Gasteiger partial charge in [0.1, 0.15) is 0 Å². The minimum atomic E-state index is 0.0611. The van der Waals surface area contributed by atoms with Crippen molar-refractivity contribution in [3.05, 3.63) is 30.3 Å². The topological polar surface area (TPSA) is 46.3 Å². The number of carbonyl (C=O) groups is 1. The van der Waals surface area contributed by atoms with Crippen molar-refractivity contribution in [2.45, 2.75) is 43.2 Å². The summed E-state index contributed by atoms with van der Waals surface area (Å²) in [5, 5.41) is 0. The van der Waals surface area contributed by atoms with E-state index < -0.39 is 0 Å². The molecule has 1 aliphatic heterocycles. The maximum atomic E-state index is 12.3. The standard InChI is InChI=1S/C15H22N2OS/c1-12(16)14-9-5-6-10-17(14)15(18)11-19-13-7-3-2-4-8-13/h2-4,7-8,12,14H,5-6,9-11,16H2,1H3. The van der Waals surface area contributed by atoms with Gasteiger partial charge in [-0.3, -0.25) is 4.79 Å². The highest BCUT2D eigenvalue weighted by Crippen LogP contribution is 2.22. The Balaban J connectivity index is 1.91. The Bertz CT molecular complexity index is 408. The molecule has 2 unspecified atom stereocenters. The van der Waals surface area contributed by atoms with Crippen LogP contribution in [0.1, 0.15) is 26.2 Å². The molecular weight excluding hydrogens is 256 g/mol. The normalized spacial score (nSPS) is 21.2. The molecule has 0 radical (unpaired) electrons. The highest BCUT2D eigenvalue weighted by molar-refractivity contribution is 8.00. The summed E-state index contributed by atoms with van der Waals surface area (Å²) in [5.41, 5.74) is 6.00. The highest BCUT2D eigenvalue weighted by Gasteiger charge is 2.28. The molecule has 2 N–H and O–H groups in total. The Hall–Kier alpha value is -1.00. The summed E-state index contributed by atoms with van der Waals surface area (Å²) < 4.78 is 0. The average Bonchev–Trinajstić information content (AvgIpc) is 2.46. The molecular formula is C15H22N2OS. The molecule has 2 atom stereocenters. The summed E-state index contributed by atoms with van der Waals surface area (Å²) in [6.07, 6.45) is 3.33. The number of likely N-dealkylation sites (tertiary alicyclic amines) is 1. The first-order chi connectivity index (χ1) is 9.18. The molecule has 1 heterocycles. The minimum absolute atomic E-state index is 0.0611. The maximum absolute atomic E-state index is 12.3. The number of amides is 1. The summed E-state index contributed by atoms with van der Waals surface area (Å²) in [5.74, 6) is 0.726. The second-order valence-electron chi connectivity index (χ2n) is 5.11. The third-order valence-corrected chi connectivity index (χ3v) is 4.58. The van der Waals surface area contributed by atoms with Gasteiger partial charge in [-0.1, -0.05) is 18.2 Å². The molecule has 1 amide bonds. The smallest absolute Gasteiger partial charge is 0.233 e. The molecule has 1 saturated heterocycles. The van der Waals surface area contributed by atoms with Gasteiger partial charge in [0, 0.05) is 23.5 Å². The van der Waals surface area contributed by atoms with Gasteiger partial charge < -0.3 is 10.6 Å². The Morgan fingerprint density at radius 2 is 2.16 bits per heavy atom. The number of benzene rings is 1. The first-order valence-corrected chi connectivity index (χ1v) is 7.90. The van der Waals surface area contributed by atoms with Crippen LogP contribution in [0.25, 0.3) is 0 Å². The molecule has 0 saturated carbocycles. The van der Waals surface area contributed by atoms with E-state index in [9.17, 15) is 4.79 Å². The first-order valence-electron chi connectivity index (χ1n) is 6.91. The van der Waals surface area contributed by atoms with E-state index in [1.54, 1.807) is 11.8 Å². The number of carbonyl (C=O) groups excluding carboxylic acids is 1. The molecule has 1 fully saturated rings. The number of thioether (sulfide) groups is 1. The minimum Gasteiger partial charge on any atom is -0.337 e. The molecule has 2 rings (SSSR count). The van der Waals surface area contributed by atoms with Gasteiger partial charge in [-0.15, -0.1) is 11.8 Å². The van der Waals surface area contributed by atoms with Gasteiger partial charge in [0.2, 0.25) is 5.91 Å². The Kier molecular flexibility index (Phi) is 5.28. The molecule has 0 bridgehead atoms. The summed E-state index contributed by atoms with van der Waals surface area (Å²) in [7, 11) is 0. The Labute approximate surface area is 119 Å². The van der Waals surface area contributed by atoms with Crippen LogP contribution in [0.3, 0.4) is 0 Å². The number of piperidine rings is 1. The number of nitrogens with two attached hydrogens (primary N) is 1. The average molecular weight is 278 g/mol. The summed E-state index contributed by atoms with van der Waals surface area (Å²) in [4.78, 5) is 15.5. The van der Waals surface area contributed by atoms with Crippen molar-refractivity contribution in [1.29, 1.82) is 0 Å². The van der Waals surface area contributed by atoms with Gasteiger partial charge in [-0.2, -0.15) is 0 Å². The number of hydrogen-bond donors (Lipinski definition) is 1. The van der Waals surface area contributed by atoms with Crippen molar-refractivity contribution in [3.8, 4) is 0 Å². The van der Waals surface area contributed by atoms with E-state index in [0.717, 1.165) is 24.3 Å². The monoisotopic (exact) mass is 278 g/mol. The highest BCUT2D eigenvalue weighted by atomic mass is 32.2. The van der Waals surface area contributed by atoms with E-state index in [-0.39, 0.29) is 18.0 Å². The molecule has 4 heteroatoms. The third kappa shape index (κ3) is 3.98. The van der Waals surface area contributed by atoms with Crippen molar-refractivity contribution in [2.24, 2.45) is 5.73 Å². The molecule has 1 aliphatic rings. The molecule has 104 valence electrons. The van der Waals surface area contributed by atoms with Crippen molar-refractivity contribution in [1.82, 2.24) is 4.90 Å². The van der Waals surface area contributed by atoms with Crippen LogP contribution in [-0.4, -0.2) is 35.2 Å². The molecule has 0 aliphatic carbocycles. The van der Waals surface area contributed by atoms with Gasteiger partial charge in [0.25, 0.3) is 0 Å². The van der Waals surface area contributed by atoms with Crippen LogP contribution >= 0.6 is 11.8 Å². The lowest BCUT2D eigenvalue weighted by Gasteiger charge is -2.38. The number of hydrogen-bond acceptors (Lipinski definition) is 3. The van der Waals surface area contributed by atoms with Crippen molar-refractivity contribution in [3.63, 3.8) is 0 Å². The number of nitrogens with zero attached hydrogens (tertiary/aromatic N) is 1. The van der Waals surface area contributed by atoms with E-state index >= 15 is 0 Å². The lowest BCUT2D eigenvalue weighted by atomic mass is 9.97. The fourth-order valence-electron chi connectivity index (χ4n) is 2.56. The van der Waals surface area contributed by atoms with E-state index in [2.05, 4.69) is 0 Å². The van der Waals surface area contributed by atoms with Gasteiger partial charge in [0.05, 0.1) is 5.75 Å². The van der Waals surface area contributed by atoms with Crippen LogP contribution in [0.4, 0.5) is 0 Å². The fourth-order valence-corrected chi connectivity index (χ4v) is 3.36. The molecule has 0 spiro atoms. The Morgan fingerprint density at radius 3 is 2.84 bits per heavy atom. The van der Waals surface area contributed by atoms with Crippen LogP contribution in [0.15, 0.2) is 35.2 Å². The molecule has 19 heavy (non-hydrogen) atoms. The van der Waals surface area contributed by atoms with Gasteiger partial charge in [-0.25, -0.2) is 0 Å². The zero-order valence-electron chi connectivity index (χ0n) is 11.4. The SMILES string of the molecule is CC(N)C1CCCCN1C(=O)CSc1ccccc1. The van der Waals surface area contributed by atoms with Crippen molar-refractivity contribution >= 4 is 17.7 Å². The quantitative estimate of drug-likeness (QED) is 0.861. The summed E-state index contributed by atoms with van der Waals surface area (Å²) in [6.45, 7) is 2.86. The van der Waals surface area contributed by atoms with Gasteiger partial charge in [-0.05, 0) is 38.3 Å². The molecule has 1 aromatic carbocycles. The lowest BCUT2D eigenvalue weighted by molar-refractivity contribution is -0.132. The fraction of sp³-hybridized carbons (Fsp3) is 0.533. The lowest BCUT2D eigenvalue weighted by Crippen LogP contribution is -2.52. The largest absolute Gasteiger partial charge is 0.337 e. The Morgan fingerprint density at radius 1 is 1.42 bits per heavy atom. The molecule has 1 aromatic rings. The van der Waals surface area contributed by atoms with E-state index in [4.69, 9.17) is 5.73 Å². The third-order valence-electron chi connectivity index (χ3n) is 3.58. The van der Waals surface area contributed by atoms with Gasteiger partial charge in [0.15, 0.2) is 0 Å². The zero-order valence-corrected chi connectivity index (χ0v) is 12.2. The van der Waals surface area contributed by atoms with Crippen molar-refractivity contribution in [2.75, 3.05) is 12.3 Å². The summed E-state index contributed by atoms with van der Waals surface area (Å²) in [6, 6.07) is 10.3.